The first kappa shape index (κ1) is 16.7. The maximum Gasteiger partial charge on any atom is 0.0720 e. The molecule has 0 bridgehead atoms. The van der Waals surface area contributed by atoms with Gasteiger partial charge in [0.25, 0.3) is 0 Å². The van der Waals surface area contributed by atoms with Gasteiger partial charge in [0.1, 0.15) is 0 Å². The maximum atomic E-state index is 9.72. The van der Waals surface area contributed by atoms with E-state index < -0.39 is 0 Å². The van der Waals surface area contributed by atoms with Crippen molar-refractivity contribution in [2.24, 2.45) is 0 Å². The molecule has 0 rings (SSSR count). The van der Waals surface area contributed by atoms with Gasteiger partial charge in [-0.15, -0.1) is 0 Å². The van der Waals surface area contributed by atoms with Crippen LogP contribution in [-0.2, 0) is 0 Å². The Hall–Kier alpha value is -0.300. The Morgan fingerprint density at radius 1 is 0.824 bits per heavy atom. The minimum Gasteiger partial charge on any atom is -0.389 e. The minimum absolute atomic E-state index is 0.206. The molecule has 0 aliphatic carbocycles. The van der Waals surface area contributed by atoms with Crippen molar-refractivity contribution in [1.82, 2.24) is 0 Å². The fourth-order valence-electron chi connectivity index (χ4n) is 2.00. The highest BCUT2D eigenvalue weighted by Gasteiger charge is 1.98. The predicted octanol–water partition coefficient (Wildman–Crippen LogP) is 5.23. The third-order valence-corrected chi connectivity index (χ3v) is 3.19. The second-order valence-electron chi connectivity index (χ2n) is 5.05. The van der Waals surface area contributed by atoms with Gasteiger partial charge in [-0.1, -0.05) is 77.4 Å². The Morgan fingerprint density at radius 2 is 1.41 bits per heavy atom. The van der Waals surface area contributed by atoms with E-state index in [1.54, 1.807) is 0 Å². The summed E-state index contributed by atoms with van der Waals surface area (Å²) in [6.07, 6.45) is 17.6. The second kappa shape index (κ2) is 13.8. The molecule has 0 saturated heterocycles. The molecule has 0 spiro atoms. The normalized spacial score (nSPS) is 13.4. The molecule has 0 fully saturated rings. The standard InChI is InChI=1S/C16H32O/c1-3-5-7-9-11-13-15-16(17)14-12-10-8-6-4-2/h13,15-17H,3-12,14H2,1-2H3. The molecular formula is C16H32O. The van der Waals surface area contributed by atoms with Crippen LogP contribution >= 0.6 is 0 Å². The molecule has 102 valence electrons. The average molecular weight is 240 g/mol. The molecule has 0 aromatic rings. The summed E-state index contributed by atoms with van der Waals surface area (Å²) in [7, 11) is 0. The third kappa shape index (κ3) is 13.6. The Kier molecular flexibility index (Phi) is 13.5. The molecule has 0 amide bonds. The first-order valence-corrected chi connectivity index (χ1v) is 7.66. The average Bonchev–Trinajstić information content (AvgIpc) is 2.33. The zero-order chi connectivity index (χ0) is 12.8. The summed E-state index contributed by atoms with van der Waals surface area (Å²) in [4.78, 5) is 0. The lowest BCUT2D eigenvalue weighted by atomic mass is 10.1. The summed E-state index contributed by atoms with van der Waals surface area (Å²) >= 11 is 0. The summed E-state index contributed by atoms with van der Waals surface area (Å²) in [5.41, 5.74) is 0. The van der Waals surface area contributed by atoms with Crippen molar-refractivity contribution >= 4 is 0 Å². The van der Waals surface area contributed by atoms with E-state index in [1.165, 1.54) is 57.8 Å². The summed E-state index contributed by atoms with van der Waals surface area (Å²) < 4.78 is 0. The molecule has 0 saturated carbocycles. The first-order chi connectivity index (χ1) is 8.31. The Balaban J connectivity index is 3.26. The number of unbranched alkanes of at least 4 members (excludes halogenated alkanes) is 8. The zero-order valence-corrected chi connectivity index (χ0v) is 12.0. The lowest BCUT2D eigenvalue weighted by Gasteiger charge is -2.05. The van der Waals surface area contributed by atoms with E-state index in [0.717, 1.165) is 12.8 Å². The topological polar surface area (TPSA) is 20.2 Å². The van der Waals surface area contributed by atoms with E-state index in [1.807, 2.05) is 6.08 Å². The van der Waals surface area contributed by atoms with E-state index in [4.69, 9.17) is 0 Å². The molecule has 0 aromatic heterocycles. The number of allylic oxidation sites excluding steroid dienone is 1. The van der Waals surface area contributed by atoms with Gasteiger partial charge in [-0.25, -0.2) is 0 Å². The van der Waals surface area contributed by atoms with E-state index >= 15 is 0 Å². The molecule has 1 nitrogen and oxygen atoms in total. The third-order valence-electron chi connectivity index (χ3n) is 3.19. The van der Waals surface area contributed by atoms with Crippen LogP contribution in [0.3, 0.4) is 0 Å². The highest BCUT2D eigenvalue weighted by molar-refractivity contribution is 4.88. The number of aliphatic hydroxyl groups is 1. The van der Waals surface area contributed by atoms with Gasteiger partial charge < -0.3 is 5.11 Å². The van der Waals surface area contributed by atoms with Crippen molar-refractivity contribution in [2.75, 3.05) is 0 Å². The monoisotopic (exact) mass is 240 g/mol. The van der Waals surface area contributed by atoms with Crippen LogP contribution in [0.4, 0.5) is 0 Å². The largest absolute Gasteiger partial charge is 0.389 e. The van der Waals surface area contributed by atoms with Crippen LogP contribution in [0.2, 0.25) is 0 Å². The van der Waals surface area contributed by atoms with Gasteiger partial charge in [0.05, 0.1) is 6.10 Å². The smallest absolute Gasteiger partial charge is 0.0720 e. The number of rotatable bonds is 12. The van der Waals surface area contributed by atoms with Crippen LogP contribution in [0.1, 0.15) is 84.5 Å². The van der Waals surface area contributed by atoms with Crippen LogP contribution in [-0.4, -0.2) is 11.2 Å². The lowest BCUT2D eigenvalue weighted by molar-refractivity contribution is 0.207. The van der Waals surface area contributed by atoms with E-state index in [9.17, 15) is 5.11 Å². The van der Waals surface area contributed by atoms with Crippen molar-refractivity contribution in [3.8, 4) is 0 Å². The van der Waals surface area contributed by atoms with Crippen molar-refractivity contribution in [2.45, 2.75) is 90.6 Å². The Bertz CT molecular complexity index is 163. The SMILES string of the molecule is CCCCCCC=CC(O)CCCCCCC. The van der Waals surface area contributed by atoms with Crippen molar-refractivity contribution in [1.29, 1.82) is 0 Å². The van der Waals surface area contributed by atoms with Gasteiger partial charge in [0.15, 0.2) is 0 Å². The van der Waals surface area contributed by atoms with E-state index in [-0.39, 0.29) is 6.10 Å². The molecule has 1 heteroatoms. The summed E-state index contributed by atoms with van der Waals surface area (Å²) in [5, 5.41) is 9.72. The van der Waals surface area contributed by atoms with Gasteiger partial charge in [-0.2, -0.15) is 0 Å². The molecule has 0 aromatic carbocycles. The van der Waals surface area contributed by atoms with Crippen LogP contribution in [0.5, 0.6) is 0 Å². The quantitative estimate of drug-likeness (QED) is 0.365. The minimum atomic E-state index is -0.206. The fraction of sp³-hybridized carbons (Fsp3) is 0.875. The molecule has 0 heterocycles. The summed E-state index contributed by atoms with van der Waals surface area (Å²) in [5.74, 6) is 0. The van der Waals surface area contributed by atoms with Crippen molar-refractivity contribution < 1.29 is 5.11 Å². The van der Waals surface area contributed by atoms with Gasteiger partial charge >= 0.3 is 0 Å². The summed E-state index contributed by atoms with van der Waals surface area (Å²) in [6, 6.07) is 0. The van der Waals surface area contributed by atoms with Gasteiger partial charge in [0.2, 0.25) is 0 Å². The van der Waals surface area contributed by atoms with Gasteiger partial charge in [0, 0.05) is 0 Å². The molecule has 0 radical (unpaired) electrons. The zero-order valence-electron chi connectivity index (χ0n) is 12.0. The highest BCUT2D eigenvalue weighted by Crippen LogP contribution is 2.09. The molecule has 1 atom stereocenters. The molecule has 1 N–H and O–H groups in total. The van der Waals surface area contributed by atoms with E-state index in [0.29, 0.717) is 0 Å². The number of hydrogen-bond donors (Lipinski definition) is 1. The highest BCUT2D eigenvalue weighted by atomic mass is 16.3. The van der Waals surface area contributed by atoms with Crippen molar-refractivity contribution in [3.05, 3.63) is 12.2 Å². The van der Waals surface area contributed by atoms with Crippen LogP contribution in [0.25, 0.3) is 0 Å². The second-order valence-corrected chi connectivity index (χ2v) is 5.05. The van der Waals surface area contributed by atoms with Crippen molar-refractivity contribution in [3.63, 3.8) is 0 Å². The van der Waals surface area contributed by atoms with E-state index in [2.05, 4.69) is 19.9 Å². The molecule has 17 heavy (non-hydrogen) atoms. The summed E-state index contributed by atoms with van der Waals surface area (Å²) in [6.45, 7) is 4.47. The van der Waals surface area contributed by atoms with Gasteiger partial charge in [-0.3, -0.25) is 0 Å². The molecule has 0 aliphatic rings. The number of aliphatic hydroxyl groups excluding tert-OH is 1. The van der Waals surface area contributed by atoms with Crippen LogP contribution in [0, 0.1) is 0 Å². The Labute approximate surface area is 108 Å². The fourth-order valence-corrected chi connectivity index (χ4v) is 2.00. The Morgan fingerprint density at radius 3 is 2.06 bits per heavy atom. The maximum absolute atomic E-state index is 9.72. The predicted molar refractivity (Wildman–Crippen MR) is 77.3 cm³/mol. The van der Waals surface area contributed by atoms with Crippen LogP contribution in [0.15, 0.2) is 12.2 Å². The first-order valence-electron chi connectivity index (χ1n) is 7.66. The van der Waals surface area contributed by atoms with Gasteiger partial charge in [-0.05, 0) is 19.3 Å². The lowest BCUT2D eigenvalue weighted by Crippen LogP contribution is -2.01. The molecular weight excluding hydrogens is 208 g/mol. The molecule has 1 unspecified atom stereocenters. The molecule has 0 aliphatic heterocycles. The number of hydrogen-bond acceptors (Lipinski definition) is 1. The van der Waals surface area contributed by atoms with Crippen LogP contribution < -0.4 is 0 Å².